The minimum atomic E-state index is -0.744. The largest absolute Gasteiger partial charge is 0.387 e. The highest BCUT2D eigenvalue weighted by atomic mass is 16.5. The van der Waals surface area contributed by atoms with Crippen LogP contribution in [0.15, 0.2) is 12.7 Å². The van der Waals surface area contributed by atoms with E-state index in [1.165, 1.54) is 19.3 Å². The summed E-state index contributed by atoms with van der Waals surface area (Å²) < 4.78 is 6.74. The van der Waals surface area contributed by atoms with Gasteiger partial charge in [0.25, 0.3) is 0 Å². The highest BCUT2D eigenvalue weighted by molar-refractivity contribution is 5.22. The van der Waals surface area contributed by atoms with Gasteiger partial charge in [0.1, 0.15) is 5.60 Å². The molecule has 1 aliphatic heterocycles. The van der Waals surface area contributed by atoms with Gasteiger partial charge in [-0.05, 0) is 63.7 Å². The van der Waals surface area contributed by atoms with E-state index in [0.717, 1.165) is 25.7 Å². The molecule has 2 aliphatic carbocycles. The fourth-order valence-electron chi connectivity index (χ4n) is 6.41. The average molecular weight is 306 g/mol. The maximum absolute atomic E-state index is 11.4. The van der Waals surface area contributed by atoms with Crippen LogP contribution in [0.2, 0.25) is 0 Å². The second-order valence-electron chi connectivity index (χ2n) is 9.57. The Labute approximate surface area is 136 Å². The van der Waals surface area contributed by atoms with Crippen LogP contribution < -0.4 is 0 Å². The Morgan fingerprint density at radius 1 is 1.00 bits per heavy atom. The summed E-state index contributed by atoms with van der Waals surface area (Å²) in [7, 11) is 0. The summed E-state index contributed by atoms with van der Waals surface area (Å²) >= 11 is 0. The lowest BCUT2D eigenvalue weighted by Crippen LogP contribution is -2.70. The molecule has 0 aromatic rings. The first kappa shape index (κ1) is 16.5. The molecule has 2 heteroatoms. The summed E-state index contributed by atoms with van der Waals surface area (Å²) in [6.07, 6.45) is 9.54. The quantitative estimate of drug-likeness (QED) is 0.701. The van der Waals surface area contributed by atoms with Crippen LogP contribution >= 0.6 is 0 Å². The van der Waals surface area contributed by atoms with Crippen molar-refractivity contribution in [1.82, 2.24) is 0 Å². The predicted octanol–water partition coefficient (Wildman–Crippen LogP) is 4.86. The van der Waals surface area contributed by atoms with Gasteiger partial charge in [-0.1, -0.05) is 33.3 Å². The smallest absolute Gasteiger partial charge is 0.103 e. The summed E-state index contributed by atoms with van der Waals surface area (Å²) in [5.41, 5.74) is -1.07. The molecule has 3 aliphatic rings. The molecule has 1 spiro atoms. The molecule has 1 N–H and O–H groups in total. The number of rotatable bonds is 1. The first-order valence-electron chi connectivity index (χ1n) is 9.08. The zero-order valence-electron chi connectivity index (χ0n) is 15.2. The summed E-state index contributed by atoms with van der Waals surface area (Å²) in [5, 5.41) is 11.4. The molecule has 2 nitrogen and oxygen atoms in total. The van der Waals surface area contributed by atoms with Crippen molar-refractivity contribution in [1.29, 1.82) is 0 Å². The fraction of sp³-hybridized carbons (Fsp3) is 0.900. The number of ether oxygens (including phenoxy) is 1. The molecule has 5 atom stereocenters. The second-order valence-corrected chi connectivity index (χ2v) is 9.57. The summed E-state index contributed by atoms with van der Waals surface area (Å²) in [4.78, 5) is 0. The standard InChI is InChI=1S/C20H34O2/c1-7-17(4)13-14-20(22-17)18(5)11-8-10-16(2,3)15(18)9-12-19(20,6)21/h7,15,21H,1,8-14H2,2-6H3/t15-,17+,18-,19-,20-/m1/s1. The van der Waals surface area contributed by atoms with Crippen molar-refractivity contribution in [3.8, 4) is 0 Å². The molecule has 3 rings (SSSR count). The molecule has 0 radical (unpaired) electrons. The van der Waals surface area contributed by atoms with E-state index in [9.17, 15) is 5.11 Å². The van der Waals surface area contributed by atoms with E-state index in [1.54, 1.807) is 0 Å². The molecule has 0 bridgehead atoms. The summed E-state index contributed by atoms with van der Waals surface area (Å²) in [6, 6.07) is 0. The Morgan fingerprint density at radius 2 is 1.68 bits per heavy atom. The van der Waals surface area contributed by atoms with Gasteiger partial charge in [-0.3, -0.25) is 0 Å². The highest BCUT2D eigenvalue weighted by Crippen LogP contribution is 2.68. The van der Waals surface area contributed by atoms with Crippen LogP contribution in [0.1, 0.15) is 79.6 Å². The van der Waals surface area contributed by atoms with E-state index in [1.807, 2.05) is 13.0 Å². The minimum Gasteiger partial charge on any atom is -0.387 e. The van der Waals surface area contributed by atoms with Crippen LogP contribution in [0, 0.1) is 16.7 Å². The van der Waals surface area contributed by atoms with Crippen molar-refractivity contribution in [3.05, 3.63) is 12.7 Å². The van der Waals surface area contributed by atoms with E-state index in [0.29, 0.717) is 11.3 Å². The molecule has 3 fully saturated rings. The normalized spacial score (nSPS) is 54.2. The number of aliphatic hydroxyl groups is 1. The third-order valence-corrected chi connectivity index (χ3v) is 7.75. The SMILES string of the molecule is C=C[C@@]1(C)CC[C@]2(O1)[C@](C)(O)CC[C@@H]1C(C)(C)CCC[C@]12C. The second kappa shape index (κ2) is 4.60. The van der Waals surface area contributed by atoms with Gasteiger partial charge in [0.2, 0.25) is 0 Å². The van der Waals surface area contributed by atoms with Crippen LogP contribution in [-0.2, 0) is 4.74 Å². The first-order chi connectivity index (χ1) is 10.0. The molecule has 0 aromatic heterocycles. The lowest BCUT2D eigenvalue weighted by Gasteiger charge is -2.66. The maximum Gasteiger partial charge on any atom is 0.103 e. The van der Waals surface area contributed by atoms with Crippen molar-refractivity contribution >= 4 is 0 Å². The van der Waals surface area contributed by atoms with Crippen LogP contribution in [0.3, 0.4) is 0 Å². The highest BCUT2D eigenvalue weighted by Gasteiger charge is 2.70. The van der Waals surface area contributed by atoms with E-state index >= 15 is 0 Å². The van der Waals surface area contributed by atoms with Crippen molar-refractivity contribution < 1.29 is 9.84 Å². The average Bonchev–Trinajstić information content (AvgIpc) is 2.77. The number of hydrogen-bond donors (Lipinski definition) is 1. The van der Waals surface area contributed by atoms with Gasteiger partial charge in [0, 0.05) is 5.41 Å². The Hall–Kier alpha value is -0.340. The molecule has 1 saturated heterocycles. The fourth-order valence-corrected chi connectivity index (χ4v) is 6.41. The van der Waals surface area contributed by atoms with Crippen LogP contribution in [-0.4, -0.2) is 21.9 Å². The minimum absolute atomic E-state index is 0.0528. The van der Waals surface area contributed by atoms with Gasteiger partial charge in [-0.15, -0.1) is 6.58 Å². The Balaban J connectivity index is 2.10. The van der Waals surface area contributed by atoms with Gasteiger partial charge in [-0.25, -0.2) is 0 Å². The van der Waals surface area contributed by atoms with Crippen LogP contribution in [0.5, 0.6) is 0 Å². The number of fused-ring (bicyclic) bond motifs is 2. The molecule has 0 unspecified atom stereocenters. The predicted molar refractivity (Wildman–Crippen MR) is 90.7 cm³/mol. The van der Waals surface area contributed by atoms with Crippen LogP contribution in [0.25, 0.3) is 0 Å². The third kappa shape index (κ3) is 1.92. The molecule has 2 saturated carbocycles. The molecule has 1 heterocycles. The van der Waals surface area contributed by atoms with Gasteiger partial charge < -0.3 is 9.84 Å². The molecule has 0 aromatic carbocycles. The van der Waals surface area contributed by atoms with Gasteiger partial charge in [0.05, 0.1) is 11.2 Å². The molecular weight excluding hydrogens is 272 g/mol. The summed E-state index contributed by atoms with van der Waals surface area (Å²) in [5.74, 6) is 0.626. The number of hydrogen-bond acceptors (Lipinski definition) is 2. The monoisotopic (exact) mass is 306 g/mol. The third-order valence-electron chi connectivity index (χ3n) is 7.75. The maximum atomic E-state index is 11.4. The summed E-state index contributed by atoms with van der Waals surface area (Å²) in [6.45, 7) is 15.4. The molecular formula is C20H34O2. The topological polar surface area (TPSA) is 29.5 Å². The Morgan fingerprint density at radius 3 is 2.27 bits per heavy atom. The van der Waals surface area contributed by atoms with Crippen molar-refractivity contribution in [2.45, 2.75) is 96.4 Å². The molecule has 22 heavy (non-hydrogen) atoms. The van der Waals surface area contributed by atoms with Crippen molar-refractivity contribution in [3.63, 3.8) is 0 Å². The van der Waals surface area contributed by atoms with E-state index < -0.39 is 11.2 Å². The zero-order valence-corrected chi connectivity index (χ0v) is 15.2. The molecule has 0 amide bonds. The molecule has 126 valence electrons. The Bertz CT molecular complexity index is 480. The van der Waals surface area contributed by atoms with Gasteiger partial charge in [0.15, 0.2) is 0 Å². The van der Waals surface area contributed by atoms with E-state index in [2.05, 4.69) is 34.3 Å². The van der Waals surface area contributed by atoms with Crippen molar-refractivity contribution in [2.24, 2.45) is 16.7 Å². The zero-order chi connectivity index (χ0) is 16.4. The van der Waals surface area contributed by atoms with Crippen LogP contribution in [0.4, 0.5) is 0 Å². The van der Waals surface area contributed by atoms with Crippen molar-refractivity contribution in [2.75, 3.05) is 0 Å². The Kier molecular flexibility index (Phi) is 3.45. The van der Waals surface area contributed by atoms with E-state index in [-0.39, 0.29) is 11.0 Å². The lowest BCUT2D eigenvalue weighted by molar-refractivity contribution is -0.291. The first-order valence-corrected chi connectivity index (χ1v) is 9.08. The lowest BCUT2D eigenvalue weighted by atomic mass is 9.43. The van der Waals surface area contributed by atoms with E-state index in [4.69, 9.17) is 4.74 Å². The van der Waals surface area contributed by atoms with Gasteiger partial charge >= 0.3 is 0 Å². The van der Waals surface area contributed by atoms with Gasteiger partial charge in [-0.2, -0.15) is 0 Å².